The van der Waals surface area contributed by atoms with Crippen LogP contribution in [0.3, 0.4) is 0 Å². The normalized spacial score (nSPS) is 21.2. The van der Waals surface area contributed by atoms with Crippen LogP contribution in [0.2, 0.25) is 0 Å². The van der Waals surface area contributed by atoms with E-state index >= 15 is 0 Å². The van der Waals surface area contributed by atoms with E-state index in [-0.39, 0.29) is 23.4 Å². The molecule has 2 aromatic heterocycles. The minimum absolute atomic E-state index is 0.0207. The molecular weight excluding hydrogens is 516 g/mol. The van der Waals surface area contributed by atoms with E-state index in [1.54, 1.807) is 24.6 Å². The summed E-state index contributed by atoms with van der Waals surface area (Å²) in [4.78, 5) is 17.7. The van der Waals surface area contributed by atoms with Gasteiger partial charge in [0.15, 0.2) is 0 Å². The number of pyridine rings is 1. The molecule has 0 radical (unpaired) electrons. The lowest BCUT2D eigenvalue weighted by Crippen LogP contribution is -2.43. The maximum Gasteiger partial charge on any atom is 0.224 e. The SMILES string of the molecule is CN([C@H]1CC[C@H](CC(=O)Nc2cnc(-c3ccc(C4(N)CCC4)cc3)c(-c3ccsc3)c2)CC1)S(C)(=O)=O. The molecule has 0 saturated heterocycles. The van der Waals surface area contributed by atoms with Crippen LogP contribution in [0.5, 0.6) is 0 Å². The number of amides is 1. The number of hydrogen-bond acceptors (Lipinski definition) is 6. The van der Waals surface area contributed by atoms with E-state index in [1.165, 1.54) is 22.5 Å². The van der Waals surface area contributed by atoms with E-state index < -0.39 is 10.0 Å². The van der Waals surface area contributed by atoms with Crippen LogP contribution < -0.4 is 11.1 Å². The molecule has 7 nitrogen and oxygen atoms in total. The molecular formula is C29H36N4O3S2. The van der Waals surface area contributed by atoms with E-state index in [1.807, 2.05) is 11.4 Å². The Morgan fingerprint density at radius 3 is 2.42 bits per heavy atom. The fraction of sp³-hybridized carbons (Fsp3) is 0.448. The Bertz CT molecular complexity index is 1380. The Morgan fingerprint density at radius 2 is 1.84 bits per heavy atom. The second kappa shape index (κ2) is 10.9. The van der Waals surface area contributed by atoms with Gasteiger partial charge in [0.1, 0.15) is 0 Å². The third kappa shape index (κ3) is 5.86. The van der Waals surface area contributed by atoms with Crippen molar-refractivity contribution in [1.82, 2.24) is 9.29 Å². The number of sulfonamides is 1. The van der Waals surface area contributed by atoms with Crippen molar-refractivity contribution in [2.45, 2.75) is 62.9 Å². The minimum atomic E-state index is -3.20. The molecule has 3 aromatic rings. The number of carbonyl (C=O) groups excluding carboxylic acids is 1. The van der Waals surface area contributed by atoms with E-state index in [0.29, 0.717) is 12.1 Å². The van der Waals surface area contributed by atoms with Gasteiger partial charge in [-0.2, -0.15) is 11.3 Å². The van der Waals surface area contributed by atoms with Crippen LogP contribution in [0.15, 0.2) is 53.4 Å². The summed E-state index contributed by atoms with van der Waals surface area (Å²) in [6.45, 7) is 0. The molecule has 0 aliphatic heterocycles. The molecule has 202 valence electrons. The Balaban J connectivity index is 1.27. The third-order valence-electron chi connectivity index (χ3n) is 8.31. The molecule has 38 heavy (non-hydrogen) atoms. The second-order valence-corrected chi connectivity index (χ2v) is 13.7. The highest BCUT2D eigenvalue weighted by atomic mass is 32.2. The summed E-state index contributed by atoms with van der Waals surface area (Å²) in [5, 5.41) is 7.19. The highest BCUT2D eigenvalue weighted by molar-refractivity contribution is 7.88. The molecule has 0 unspecified atom stereocenters. The lowest BCUT2D eigenvalue weighted by molar-refractivity contribution is -0.117. The van der Waals surface area contributed by atoms with Gasteiger partial charge in [0, 0.05) is 36.2 Å². The van der Waals surface area contributed by atoms with Gasteiger partial charge in [-0.05, 0) is 84.9 Å². The molecule has 2 fully saturated rings. The van der Waals surface area contributed by atoms with Crippen molar-refractivity contribution in [2.24, 2.45) is 11.7 Å². The fourth-order valence-corrected chi connectivity index (χ4v) is 7.07. The van der Waals surface area contributed by atoms with Gasteiger partial charge < -0.3 is 11.1 Å². The Kier molecular flexibility index (Phi) is 7.73. The van der Waals surface area contributed by atoms with E-state index in [2.05, 4.69) is 41.0 Å². The van der Waals surface area contributed by atoms with E-state index in [0.717, 1.165) is 60.9 Å². The summed E-state index contributed by atoms with van der Waals surface area (Å²) < 4.78 is 25.2. The van der Waals surface area contributed by atoms with Crippen LogP contribution in [0.1, 0.15) is 56.9 Å². The van der Waals surface area contributed by atoms with Gasteiger partial charge in [-0.3, -0.25) is 9.78 Å². The molecule has 0 atom stereocenters. The molecule has 0 bridgehead atoms. The molecule has 1 aromatic carbocycles. The molecule has 9 heteroatoms. The maximum atomic E-state index is 12.9. The van der Waals surface area contributed by atoms with Crippen molar-refractivity contribution in [3.8, 4) is 22.4 Å². The number of nitrogens with zero attached hydrogens (tertiary/aromatic N) is 2. The zero-order chi connectivity index (χ0) is 26.9. The molecule has 2 heterocycles. The van der Waals surface area contributed by atoms with Crippen LogP contribution in [0.25, 0.3) is 22.4 Å². The lowest BCUT2D eigenvalue weighted by Gasteiger charge is -2.38. The van der Waals surface area contributed by atoms with Crippen molar-refractivity contribution in [3.63, 3.8) is 0 Å². The first kappa shape index (κ1) is 27.0. The minimum Gasteiger partial charge on any atom is -0.325 e. The number of nitrogens with two attached hydrogens (primary N) is 1. The summed E-state index contributed by atoms with van der Waals surface area (Å²) in [7, 11) is -1.55. The van der Waals surface area contributed by atoms with Gasteiger partial charge >= 0.3 is 0 Å². The summed E-state index contributed by atoms with van der Waals surface area (Å²) in [5.74, 6) is 0.219. The number of aromatic nitrogens is 1. The van der Waals surface area contributed by atoms with Crippen LogP contribution in [0.4, 0.5) is 5.69 Å². The highest BCUT2D eigenvalue weighted by Gasteiger charge is 2.34. The molecule has 2 aliphatic rings. The molecule has 3 N–H and O–H groups in total. The van der Waals surface area contributed by atoms with Crippen molar-refractivity contribution in [1.29, 1.82) is 0 Å². The van der Waals surface area contributed by atoms with Crippen molar-refractivity contribution in [2.75, 3.05) is 18.6 Å². The van der Waals surface area contributed by atoms with Gasteiger partial charge in [-0.15, -0.1) is 0 Å². The summed E-state index contributed by atoms with van der Waals surface area (Å²) >= 11 is 1.63. The Morgan fingerprint density at radius 1 is 1.13 bits per heavy atom. The summed E-state index contributed by atoms with van der Waals surface area (Å²) in [6.07, 6.45) is 9.88. The van der Waals surface area contributed by atoms with Crippen LogP contribution in [-0.4, -0.2) is 43.0 Å². The quantitative estimate of drug-likeness (QED) is 0.379. The number of hydrogen-bond donors (Lipinski definition) is 2. The largest absolute Gasteiger partial charge is 0.325 e. The Hall–Kier alpha value is -2.59. The first-order chi connectivity index (χ1) is 18.1. The zero-order valence-electron chi connectivity index (χ0n) is 22.0. The number of anilines is 1. The van der Waals surface area contributed by atoms with Crippen molar-refractivity contribution >= 4 is 33.0 Å². The average molecular weight is 553 g/mol. The van der Waals surface area contributed by atoms with Gasteiger partial charge in [-0.25, -0.2) is 12.7 Å². The van der Waals surface area contributed by atoms with Crippen LogP contribution in [0, 0.1) is 5.92 Å². The molecule has 2 saturated carbocycles. The van der Waals surface area contributed by atoms with Gasteiger partial charge in [0.2, 0.25) is 15.9 Å². The average Bonchev–Trinajstić information content (AvgIpc) is 3.42. The van der Waals surface area contributed by atoms with Gasteiger partial charge in [0.05, 0.1) is 23.8 Å². The topological polar surface area (TPSA) is 105 Å². The molecule has 1 amide bonds. The first-order valence-electron chi connectivity index (χ1n) is 13.3. The fourth-order valence-electron chi connectivity index (χ4n) is 5.66. The third-order valence-corrected chi connectivity index (χ3v) is 10.3. The maximum absolute atomic E-state index is 12.9. The molecule has 5 rings (SSSR count). The molecule has 2 aliphatic carbocycles. The highest BCUT2D eigenvalue weighted by Crippen LogP contribution is 2.40. The van der Waals surface area contributed by atoms with Crippen LogP contribution >= 0.6 is 11.3 Å². The number of nitrogens with one attached hydrogen (secondary N) is 1. The van der Waals surface area contributed by atoms with Crippen molar-refractivity contribution in [3.05, 3.63) is 58.9 Å². The second-order valence-electron chi connectivity index (χ2n) is 10.9. The number of carbonyl (C=O) groups is 1. The number of thiophene rings is 1. The smallest absolute Gasteiger partial charge is 0.224 e. The summed E-state index contributed by atoms with van der Waals surface area (Å²) in [6, 6.07) is 12.5. The lowest BCUT2D eigenvalue weighted by atomic mass is 9.72. The van der Waals surface area contributed by atoms with Gasteiger partial charge in [0.25, 0.3) is 0 Å². The van der Waals surface area contributed by atoms with Crippen molar-refractivity contribution < 1.29 is 13.2 Å². The monoisotopic (exact) mass is 552 g/mol. The Labute approximate surface area is 229 Å². The summed E-state index contributed by atoms with van der Waals surface area (Å²) in [5.41, 5.74) is 12.1. The molecule has 0 spiro atoms. The predicted octanol–water partition coefficient (Wildman–Crippen LogP) is 5.59. The van der Waals surface area contributed by atoms with Gasteiger partial charge in [-0.1, -0.05) is 24.3 Å². The number of rotatable bonds is 8. The first-order valence-corrected chi connectivity index (χ1v) is 16.1. The predicted molar refractivity (Wildman–Crippen MR) is 154 cm³/mol. The zero-order valence-corrected chi connectivity index (χ0v) is 23.7. The van der Waals surface area contributed by atoms with E-state index in [9.17, 15) is 13.2 Å². The number of benzene rings is 1. The van der Waals surface area contributed by atoms with Crippen LogP contribution in [-0.2, 0) is 20.4 Å². The standard InChI is InChI=1S/C29H36N4O3S2/c1-33(38(2,35)36)25-10-4-20(5-11-25)16-27(34)32-24-17-26(22-12-15-37-19-22)28(31-18-24)21-6-8-23(9-7-21)29(30)13-3-14-29/h6-9,12,15,17-20,25H,3-5,10-11,13-14,16,30H2,1-2H3,(H,32,34)/t20-,25-. The van der Waals surface area contributed by atoms with E-state index in [4.69, 9.17) is 10.7 Å².